The summed E-state index contributed by atoms with van der Waals surface area (Å²) in [6.45, 7) is 0. The summed E-state index contributed by atoms with van der Waals surface area (Å²) in [5.41, 5.74) is 9.08. The van der Waals surface area contributed by atoms with Gasteiger partial charge in [-0.3, -0.25) is 9.97 Å². The summed E-state index contributed by atoms with van der Waals surface area (Å²) in [7, 11) is 0. The third-order valence-corrected chi connectivity index (χ3v) is 10.5. The van der Waals surface area contributed by atoms with Gasteiger partial charge < -0.3 is 5.32 Å². The van der Waals surface area contributed by atoms with E-state index in [0.29, 0.717) is 0 Å². The Morgan fingerprint density at radius 1 is 0.565 bits per heavy atom. The zero-order valence-corrected chi connectivity index (χ0v) is 26.2. The maximum atomic E-state index is 4.76. The Balaban J connectivity index is 1.34. The van der Waals surface area contributed by atoms with E-state index in [0.717, 1.165) is 27.3 Å². The van der Waals surface area contributed by atoms with Crippen molar-refractivity contribution < 1.29 is 0 Å². The molecular formula is C40H26N4S2. The molecular weight excluding hydrogens is 601 g/mol. The van der Waals surface area contributed by atoms with Crippen LogP contribution in [0.2, 0.25) is 0 Å². The molecule has 0 spiro atoms. The zero-order chi connectivity index (χ0) is 30.5. The standard InChI is InChI=1S/C40H26N4S2/c1-2-6-26-17-27(10-9-25(26)5-1)28-11-12-35-36(20-28)38(30-19-32(24-42-22-30)40-44-14-16-46-40)34-8-4-3-7-33(34)37(35)29-18-31(23-41-21-29)39-43-13-15-45-39/h1-24,40,44H. The van der Waals surface area contributed by atoms with Crippen LogP contribution in [0.4, 0.5) is 0 Å². The molecule has 1 N–H and O–H groups in total. The maximum Gasteiger partial charge on any atom is 0.124 e. The minimum atomic E-state index is 0.150. The van der Waals surface area contributed by atoms with Gasteiger partial charge in [-0.15, -0.1) is 23.1 Å². The van der Waals surface area contributed by atoms with Crippen LogP contribution in [0, 0.1) is 0 Å². The van der Waals surface area contributed by atoms with Crippen LogP contribution in [0.25, 0.3) is 76.3 Å². The van der Waals surface area contributed by atoms with Crippen molar-refractivity contribution in [3.8, 4) is 44.0 Å². The fourth-order valence-corrected chi connectivity index (χ4v) is 7.98. The number of hydrogen-bond donors (Lipinski definition) is 1. The van der Waals surface area contributed by atoms with Gasteiger partial charge in [0.25, 0.3) is 0 Å². The number of benzene rings is 5. The SMILES string of the molecule is C1=CSC(c2cncc(-c3c4ccccc4c(-c4cncc(-c5nccs5)c4)c4ccc(-c5ccc6ccccc6c5)cc34)c2)N1. The smallest absolute Gasteiger partial charge is 0.124 e. The van der Waals surface area contributed by atoms with Gasteiger partial charge >= 0.3 is 0 Å². The lowest BCUT2D eigenvalue weighted by Crippen LogP contribution is -2.07. The monoisotopic (exact) mass is 626 g/mol. The van der Waals surface area contributed by atoms with Crippen molar-refractivity contribution in [3.63, 3.8) is 0 Å². The second kappa shape index (κ2) is 11.2. The van der Waals surface area contributed by atoms with E-state index >= 15 is 0 Å². The van der Waals surface area contributed by atoms with Crippen molar-refractivity contribution >= 4 is 55.4 Å². The number of nitrogens with zero attached hydrogens (tertiary/aromatic N) is 3. The number of thiazole rings is 1. The largest absolute Gasteiger partial charge is 0.375 e. The summed E-state index contributed by atoms with van der Waals surface area (Å²) in [5.74, 6) is 0. The van der Waals surface area contributed by atoms with Crippen molar-refractivity contribution in [1.82, 2.24) is 20.3 Å². The van der Waals surface area contributed by atoms with Crippen LogP contribution in [-0.2, 0) is 0 Å². The molecule has 1 unspecified atom stereocenters. The lowest BCUT2D eigenvalue weighted by molar-refractivity contribution is 0.856. The molecule has 1 aliphatic heterocycles. The van der Waals surface area contributed by atoms with E-state index < -0.39 is 0 Å². The van der Waals surface area contributed by atoms with Crippen LogP contribution < -0.4 is 5.32 Å². The van der Waals surface area contributed by atoms with E-state index in [1.807, 2.05) is 42.6 Å². The number of pyridine rings is 2. The molecule has 0 fully saturated rings. The molecule has 5 aromatic carbocycles. The molecule has 4 heterocycles. The predicted molar refractivity (Wildman–Crippen MR) is 195 cm³/mol. The van der Waals surface area contributed by atoms with Crippen LogP contribution >= 0.6 is 23.1 Å². The van der Waals surface area contributed by atoms with Gasteiger partial charge in [-0.25, -0.2) is 4.98 Å². The molecule has 8 aromatic rings. The molecule has 4 nitrogen and oxygen atoms in total. The fourth-order valence-electron chi connectivity index (χ4n) is 6.60. The number of nitrogens with one attached hydrogen (secondary N) is 1. The van der Waals surface area contributed by atoms with Crippen LogP contribution in [0.1, 0.15) is 10.9 Å². The van der Waals surface area contributed by atoms with Crippen molar-refractivity contribution in [3.05, 3.63) is 151 Å². The molecule has 1 aliphatic rings. The molecule has 6 heteroatoms. The van der Waals surface area contributed by atoms with Gasteiger partial charge in [0.05, 0.1) is 0 Å². The van der Waals surface area contributed by atoms with Crippen molar-refractivity contribution in [2.24, 2.45) is 0 Å². The summed E-state index contributed by atoms with van der Waals surface area (Å²) >= 11 is 3.39. The Morgan fingerprint density at radius 3 is 2.07 bits per heavy atom. The van der Waals surface area contributed by atoms with Gasteiger partial charge in [0, 0.05) is 64.8 Å². The Kier molecular flexibility index (Phi) is 6.61. The topological polar surface area (TPSA) is 50.7 Å². The van der Waals surface area contributed by atoms with Gasteiger partial charge in [-0.05, 0) is 84.2 Å². The fraction of sp³-hybridized carbons (Fsp3) is 0.0250. The van der Waals surface area contributed by atoms with Crippen LogP contribution in [0.15, 0.2) is 145 Å². The summed E-state index contributed by atoms with van der Waals surface area (Å²) in [6.07, 6.45) is 11.7. The average molecular weight is 627 g/mol. The van der Waals surface area contributed by atoms with Gasteiger partial charge in [0.2, 0.25) is 0 Å². The predicted octanol–water partition coefficient (Wildman–Crippen LogP) is 10.9. The van der Waals surface area contributed by atoms with Gasteiger partial charge in [0.1, 0.15) is 10.4 Å². The number of rotatable bonds is 5. The number of hydrogen-bond acceptors (Lipinski definition) is 6. The minimum Gasteiger partial charge on any atom is -0.375 e. The highest BCUT2D eigenvalue weighted by Gasteiger charge is 2.20. The first-order chi connectivity index (χ1) is 22.8. The molecule has 0 saturated carbocycles. The quantitative estimate of drug-likeness (QED) is 0.193. The highest BCUT2D eigenvalue weighted by Crippen LogP contribution is 2.46. The normalized spacial score (nSPS) is 14.3. The van der Waals surface area contributed by atoms with Crippen LogP contribution in [0.5, 0.6) is 0 Å². The zero-order valence-electron chi connectivity index (χ0n) is 24.6. The Bertz CT molecular complexity index is 2440. The Labute approximate surface area is 274 Å². The molecule has 0 aliphatic carbocycles. The summed E-state index contributed by atoms with van der Waals surface area (Å²) in [5, 5.41) is 15.9. The Morgan fingerprint density at radius 2 is 1.26 bits per heavy atom. The summed E-state index contributed by atoms with van der Waals surface area (Å²) < 4.78 is 0. The van der Waals surface area contributed by atoms with E-state index in [1.54, 1.807) is 23.1 Å². The Hall–Kier alpha value is -5.30. The van der Waals surface area contributed by atoms with Crippen molar-refractivity contribution in [2.45, 2.75) is 5.37 Å². The molecule has 3 aromatic heterocycles. The molecule has 0 bridgehead atoms. The van der Waals surface area contributed by atoms with Gasteiger partial charge in [-0.1, -0.05) is 72.8 Å². The third kappa shape index (κ3) is 4.66. The lowest BCUT2D eigenvalue weighted by atomic mass is 9.85. The first-order valence-electron chi connectivity index (χ1n) is 15.1. The van der Waals surface area contributed by atoms with E-state index in [-0.39, 0.29) is 5.37 Å². The number of aromatic nitrogens is 3. The lowest BCUT2D eigenvalue weighted by Gasteiger charge is -2.19. The molecule has 218 valence electrons. The minimum absolute atomic E-state index is 0.150. The molecule has 46 heavy (non-hydrogen) atoms. The van der Waals surface area contributed by atoms with E-state index in [1.165, 1.54) is 54.6 Å². The molecule has 9 rings (SSSR count). The van der Waals surface area contributed by atoms with E-state index in [4.69, 9.17) is 9.97 Å². The summed E-state index contributed by atoms with van der Waals surface area (Å²) in [4.78, 5) is 14.0. The van der Waals surface area contributed by atoms with Crippen molar-refractivity contribution in [1.29, 1.82) is 0 Å². The molecule has 0 saturated heterocycles. The van der Waals surface area contributed by atoms with E-state index in [9.17, 15) is 0 Å². The maximum absolute atomic E-state index is 4.76. The third-order valence-electron chi connectivity index (χ3n) is 8.69. The average Bonchev–Trinajstić information content (AvgIpc) is 3.86. The van der Waals surface area contributed by atoms with Crippen molar-refractivity contribution in [2.75, 3.05) is 0 Å². The number of fused-ring (bicyclic) bond motifs is 3. The number of thioether (sulfide) groups is 1. The highest BCUT2D eigenvalue weighted by molar-refractivity contribution is 8.02. The first kappa shape index (κ1) is 27.0. The van der Waals surface area contributed by atoms with Crippen LogP contribution in [-0.4, -0.2) is 15.0 Å². The summed E-state index contributed by atoms with van der Waals surface area (Å²) in [6, 6.07) is 35.4. The van der Waals surface area contributed by atoms with E-state index in [2.05, 4.69) is 113 Å². The molecule has 0 radical (unpaired) electrons. The molecule has 1 atom stereocenters. The van der Waals surface area contributed by atoms with Gasteiger partial charge in [-0.2, -0.15) is 0 Å². The second-order valence-corrected chi connectivity index (χ2v) is 13.3. The highest BCUT2D eigenvalue weighted by atomic mass is 32.2. The van der Waals surface area contributed by atoms with Gasteiger partial charge in [0.15, 0.2) is 0 Å². The molecule has 0 amide bonds. The first-order valence-corrected chi connectivity index (χ1v) is 17.0. The second-order valence-electron chi connectivity index (χ2n) is 11.4. The van der Waals surface area contributed by atoms with Crippen LogP contribution in [0.3, 0.4) is 0 Å².